The highest BCUT2D eigenvalue weighted by Gasteiger charge is 1.95. The summed E-state index contributed by atoms with van der Waals surface area (Å²) in [5.41, 5.74) is 0. The van der Waals surface area contributed by atoms with Crippen LogP contribution in [0, 0.1) is 0 Å². The third kappa shape index (κ3) is 8.44. The van der Waals surface area contributed by atoms with Crippen molar-refractivity contribution in [1.82, 2.24) is 0 Å². The number of benzene rings is 1. The van der Waals surface area contributed by atoms with Crippen molar-refractivity contribution in [3.8, 4) is 5.75 Å². The van der Waals surface area contributed by atoms with Gasteiger partial charge < -0.3 is 4.74 Å². The third-order valence-electron chi connectivity index (χ3n) is 1.20. The Kier molecular flexibility index (Phi) is 8.41. The number of ether oxygens (including phenoxy) is 1. The molecule has 15 heavy (non-hydrogen) atoms. The Morgan fingerprint density at radius 2 is 1.80 bits per heavy atom. The van der Waals surface area contributed by atoms with E-state index in [-0.39, 0.29) is 0 Å². The second-order valence-corrected chi connectivity index (χ2v) is 3.11. The van der Waals surface area contributed by atoms with Gasteiger partial charge in [0.1, 0.15) is 12.4 Å². The van der Waals surface area contributed by atoms with Crippen LogP contribution in [0.1, 0.15) is 0 Å². The van der Waals surface area contributed by atoms with E-state index >= 15 is 0 Å². The molecule has 1 nitrogen and oxygen atoms in total. The Morgan fingerprint density at radius 1 is 1.27 bits per heavy atom. The van der Waals surface area contributed by atoms with Crippen LogP contribution in [0.15, 0.2) is 29.2 Å². The first kappa shape index (κ1) is 14.5. The molecule has 86 valence electrons. The number of alkyl halides is 4. The molecule has 0 atom stereocenters. The minimum absolute atomic E-state index is 0.502. The Bertz CT molecular complexity index is 271. The fourth-order valence-corrected chi connectivity index (χ4v) is 1.03. The molecule has 0 amide bonds. The molecule has 0 N–H and O–H groups in total. The minimum atomic E-state index is -3.67. The summed E-state index contributed by atoms with van der Waals surface area (Å²) in [5, 5.41) is 0. The molecular weight excluding hydrogens is 249 g/mol. The van der Waals surface area contributed by atoms with Gasteiger partial charge in [0.25, 0.3) is 0 Å². The number of para-hydroxylation sites is 1. The zero-order chi connectivity index (χ0) is 11.7. The monoisotopic (exact) mass is 258 g/mol. The first-order chi connectivity index (χ1) is 7.07. The summed E-state index contributed by atoms with van der Waals surface area (Å²) in [6.07, 6.45) is 0. The fraction of sp³-hybridized carbons (Fsp3) is 0.333. The van der Waals surface area contributed by atoms with Crippen LogP contribution >= 0.6 is 24.2 Å². The topological polar surface area (TPSA) is 9.23 Å². The lowest BCUT2D eigenvalue weighted by Gasteiger charge is -2.04. The molecule has 6 heteroatoms. The Morgan fingerprint density at radius 3 is 2.27 bits per heavy atom. The standard InChI is InChI=1S/C8H9ClOS.CHF3/c9-5-6-10-7-3-1-2-4-8(7)11;2-1(3)4/h1-4,11H,5-6H2;1H. The molecule has 1 rings (SSSR count). The van der Waals surface area contributed by atoms with Gasteiger partial charge in [0.05, 0.1) is 5.88 Å². The van der Waals surface area contributed by atoms with E-state index in [2.05, 4.69) is 12.6 Å². The Balaban J connectivity index is 0.000000423. The summed E-state index contributed by atoms with van der Waals surface area (Å²) >= 11 is 9.66. The van der Waals surface area contributed by atoms with Crippen molar-refractivity contribution in [3.63, 3.8) is 0 Å². The number of halogens is 4. The van der Waals surface area contributed by atoms with Gasteiger partial charge in [0, 0.05) is 4.90 Å². The largest absolute Gasteiger partial charge is 0.491 e. The molecule has 0 aliphatic carbocycles. The van der Waals surface area contributed by atoms with Crippen molar-refractivity contribution >= 4 is 24.2 Å². The lowest BCUT2D eigenvalue weighted by molar-refractivity contribution is 0.00819. The van der Waals surface area contributed by atoms with Gasteiger partial charge in [0.2, 0.25) is 0 Å². The van der Waals surface area contributed by atoms with E-state index < -0.39 is 6.68 Å². The SMILES string of the molecule is FC(F)F.Sc1ccccc1OCCCl. The summed E-state index contributed by atoms with van der Waals surface area (Å²) in [6.45, 7) is -3.14. The highest BCUT2D eigenvalue weighted by molar-refractivity contribution is 7.80. The molecule has 0 aromatic heterocycles. The van der Waals surface area contributed by atoms with Crippen LogP contribution in [0.4, 0.5) is 13.2 Å². The van der Waals surface area contributed by atoms with Gasteiger partial charge in [-0.3, -0.25) is 0 Å². The molecule has 0 spiro atoms. The molecule has 0 unspecified atom stereocenters. The minimum Gasteiger partial charge on any atom is -0.491 e. The van der Waals surface area contributed by atoms with Crippen molar-refractivity contribution in [1.29, 1.82) is 0 Å². The normalized spacial score (nSPS) is 9.47. The van der Waals surface area contributed by atoms with E-state index in [9.17, 15) is 13.2 Å². The van der Waals surface area contributed by atoms with Crippen LogP contribution in [0.5, 0.6) is 5.75 Å². The molecule has 0 radical (unpaired) electrons. The first-order valence-electron chi connectivity index (χ1n) is 3.97. The summed E-state index contributed by atoms with van der Waals surface area (Å²) in [5.74, 6) is 1.29. The summed E-state index contributed by atoms with van der Waals surface area (Å²) in [6, 6.07) is 7.57. The highest BCUT2D eigenvalue weighted by Crippen LogP contribution is 2.20. The molecule has 0 heterocycles. The van der Waals surface area contributed by atoms with Crippen LogP contribution in [0.3, 0.4) is 0 Å². The van der Waals surface area contributed by atoms with Crippen molar-refractivity contribution < 1.29 is 17.9 Å². The van der Waals surface area contributed by atoms with Gasteiger partial charge in [-0.05, 0) is 12.1 Å². The lowest BCUT2D eigenvalue weighted by Crippen LogP contribution is -1.98. The van der Waals surface area contributed by atoms with Crippen LogP contribution in [0.25, 0.3) is 0 Å². The second-order valence-electron chi connectivity index (χ2n) is 2.25. The molecule has 0 bridgehead atoms. The predicted octanol–water partition coefficient (Wildman–Crippen LogP) is 3.77. The van der Waals surface area contributed by atoms with Crippen LogP contribution in [-0.2, 0) is 0 Å². The van der Waals surface area contributed by atoms with Crippen LogP contribution in [-0.4, -0.2) is 19.2 Å². The van der Waals surface area contributed by atoms with E-state index in [1.165, 1.54) is 0 Å². The lowest BCUT2D eigenvalue weighted by atomic mass is 10.3. The number of rotatable bonds is 3. The van der Waals surface area contributed by atoms with E-state index in [0.717, 1.165) is 10.6 Å². The summed E-state index contributed by atoms with van der Waals surface area (Å²) in [7, 11) is 0. The maximum Gasteiger partial charge on any atom is 0.379 e. The zero-order valence-corrected chi connectivity index (χ0v) is 9.32. The number of hydrogen-bond donors (Lipinski definition) is 1. The fourth-order valence-electron chi connectivity index (χ4n) is 0.728. The molecule has 0 aliphatic heterocycles. The zero-order valence-electron chi connectivity index (χ0n) is 7.67. The molecule has 0 saturated carbocycles. The van der Waals surface area contributed by atoms with Gasteiger partial charge in [-0.2, -0.15) is 13.2 Å². The molecule has 1 aromatic rings. The van der Waals surface area contributed by atoms with Crippen molar-refractivity contribution in [2.45, 2.75) is 11.6 Å². The number of thiol groups is 1. The van der Waals surface area contributed by atoms with E-state index in [1.807, 2.05) is 24.3 Å². The first-order valence-corrected chi connectivity index (χ1v) is 4.95. The van der Waals surface area contributed by atoms with Crippen molar-refractivity contribution in [2.75, 3.05) is 12.5 Å². The average Bonchev–Trinajstić information content (AvgIpc) is 2.16. The quantitative estimate of drug-likeness (QED) is 0.641. The third-order valence-corrected chi connectivity index (χ3v) is 1.72. The van der Waals surface area contributed by atoms with E-state index in [4.69, 9.17) is 16.3 Å². The van der Waals surface area contributed by atoms with Gasteiger partial charge >= 0.3 is 6.68 Å². The highest BCUT2D eigenvalue weighted by atomic mass is 35.5. The van der Waals surface area contributed by atoms with E-state index in [1.54, 1.807) is 0 Å². The molecule has 0 saturated heterocycles. The van der Waals surface area contributed by atoms with Gasteiger partial charge in [0.15, 0.2) is 0 Å². The molecular formula is C9H10ClF3OS. The Labute approximate surface area is 96.6 Å². The van der Waals surface area contributed by atoms with Gasteiger partial charge in [-0.25, -0.2) is 0 Å². The number of hydrogen-bond acceptors (Lipinski definition) is 2. The smallest absolute Gasteiger partial charge is 0.379 e. The Hall–Kier alpha value is -0.550. The maximum atomic E-state index is 9.67. The second kappa shape index (κ2) is 8.73. The van der Waals surface area contributed by atoms with Crippen LogP contribution < -0.4 is 4.74 Å². The maximum absolute atomic E-state index is 9.67. The predicted molar refractivity (Wildman–Crippen MR) is 57.0 cm³/mol. The molecule has 0 fully saturated rings. The van der Waals surface area contributed by atoms with Gasteiger partial charge in [-0.15, -0.1) is 24.2 Å². The summed E-state index contributed by atoms with van der Waals surface area (Å²) in [4.78, 5) is 0.845. The van der Waals surface area contributed by atoms with Crippen molar-refractivity contribution in [3.05, 3.63) is 24.3 Å². The summed E-state index contributed by atoms with van der Waals surface area (Å²) < 4.78 is 34.3. The van der Waals surface area contributed by atoms with Crippen LogP contribution in [0.2, 0.25) is 0 Å². The molecule has 1 aromatic carbocycles. The average molecular weight is 259 g/mol. The van der Waals surface area contributed by atoms with Crippen molar-refractivity contribution in [2.24, 2.45) is 0 Å². The van der Waals surface area contributed by atoms with E-state index in [0.29, 0.717) is 12.5 Å². The molecule has 0 aliphatic rings. The van der Waals surface area contributed by atoms with Gasteiger partial charge in [-0.1, -0.05) is 12.1 Å².